The van der Waals surface area contributed by atoms with Gasteiger partial charge in [-0.15, -0.1) is 11.3 Å². The minimum atomic E-state index is -1.06. The molecule has 1 aromatic carbocycles. The van der Waals surface area contributed by atoms with E-state index in [1.807, 2.05) is 0 Å². The van der Waals surface area contributed by atoms with Crippen LogP contribution in [0.25, 0.3) is 6.08 Å². The molecule has 0 atom stereocenters. The summed E-state index contributed by atoms with van der Waals surface area (Å²) in [5.74, 6) is -1.31. The fourth-order valence-corrected chi connectivity index (χ4v) is 2.34. The number of carboxylic acids is 1. The SMILES string of the molecule is O=C(O)/C=C/c1ccc(C(=O)NCc2cncs2)cc1Cl. The van der Waals surface area contributed by atoms with Gasteiger partial charge in [0, 0.05) is 27.7 Å². The van der Waals surface area contributed by atoms with Crippen molar-refractivity contribution in [3.63, 3.8) is 0 Å². The molecule has 0 saturated heterocycles. The second-order valence-electron chi connectivity index (χ2n) is 4.06. The van der Waals surface area contributed by atoms with Gasteiger partial charge in [0.15, 0.2) is 0 Å². The van der Waals surface area contributed by atoms with Crippen molar-refractivity contribution < 1.29 is 14.7 Å². The van der Waals surface area contributed by atoms with Crippen LogP contribution in [0.5, 0.6) is 0 Å². The summed E-state index contributed by atoms with van der Waals surface area (Å²) in [5.41, 5.74) is 2.65. The van der Waals surface area contributed by atoms with E-state index in [9.17, 15) is 9.59 Å². The van der Waals surface area contributed by atoms with E-state index in [-0.39, 0.29) is 5.91 Å². The predicted octanol–water partition coefficient (Wildman–Crippen LogP) is 2.82. The van der Waals surface area contributed by atoms with Crippen molar-refractivity contribution in [2.75, 3.05) is 0 Å². The van der Waals surface area contributed by atoms with Gasteiger partial charge in [0.25, 0.3) is 5.91 Å². The zero-order chi connectivity index (χ0) is 15.2. The number of carbonyl (C=O) groups excluding carboxylic acids is 1. The number of carbonyl (C=O) groups is 2. The summed E-state index contributed by atoms with van der Waals surface area (Å²) in [6, 6.07) is 4.70. The van der Waals surface area contributed by atoms with Crippen molar-refractivity contribution in [2.45, 2.75) is 6.54 Å². The topological polar surface area (TPSA) is 79.3 Å². The largest absolute Gasteiger partial charge is 0.478 e. The molecule has 2 N–H and O–H groups in total. The molecule has 2 aromatic rings. The summed E-state index contributed by atoms with van der Waals surface area (Å²) in [4.78, 5) is 27.3. The molecule has 108 valence electrons. The number of aliphatic carboxylic acids is 1. The molecule has 1 heterocycles. The molecular weight excluding hydrogens is 312 g/mol. The van der Waals surface area contributed by atoms with E-state index in [2.05, 4.69) is 10.3 Å². The molecule has 0 unspecified atom stereocenters. The molecule has 0 radical (unpaired) electrons. The third-order valence-corrected chi connectivity index (χ3v) is 3.68. The number of benzene rings is 1. The van der Waals surface area contributed by atoms with Crippen LogP contribution in [-0.2, 0) is 11.3 Å². The lowest BCUT2D eigenvalue weighted by Gasteiger charge is -2.05. The Morgan fingerprint density at radius 3 is 2.86 bits per heavy atom. The number of hydrogen-bond acceptors (Lipinski definition) is 4. The summed E-state index contributed by atoms with van der Waals surface area (Å²) in [6.45, 7) is 0.405. The molecule has 0 saturated carbocycles. The zero-order valence-electron chi connectivity index (χ0n) is 10.7. The molecule has 0 aliphatic rings. The van der Waals surface area contributed by atoms with Gasteiger partial charge in [0.05, 0.1) is 12.1 Å². The van der Waals surface area contributed by atoms with E-state index in [4.69, 9.17) is 16.7 Å². The van der Waals surface area contributed by atoms with Crippen LogP contribution in [-0.4, -0.2) is 22.0 Å². The van der Waals surface area contributed by atoms with Gasteiger partial charge in [-0.1, -0.05) is 17.7 Å². The van der Waals surface area contributed by atoms with Crippen LogP contribution >= 0.6 is 22.9 Å². The first-order chi connectivity index (χ1) is 10.1. The summed E-state index contributed by atoms with van der Waals surface area (Å²) in [5, 5.41) is 11.6. The predicted molar refractivity (Wildman–Crippen MR) is 81.4 cm³/mol. The number of halogens is 1. The first kappa shape index (κ1) is 15.2. The highest BCUT2D eigenvalue weighted by atomic mass is 35.5. The highest BCUT2D eigenvalue weighted by Gasteiger charge is 2.08. The van der Waals surface area contributed by atoms with Gasteiger partial charge in [-0.2, -0.15) is 0 Å². The van der Waals surface area contributed by atoms with Gasteiger partial charge in [0.2, 0.25) is 0 Å². The molecule has 0 aliphatic carbocycles. The summed E-state index contributed by atoms with van der Waals surface area (Å²) >= 11 is 7.48. The summed E-state index contributed by atoms with van der Waals surface area (Å²) in [7, 11) is 0. The van der Waals surface area contributed by atoms with Crippen LogP contribution in [0.4, 0.5) is 0 Å². The number of hydrogen-bond donors (Lipinski definition) is 2. The van der Waals surface area contributed by atoms with E-state index in [0.29, 0.717) is 22.7 Å². The lowest BCUT2D eigenvalue weighted by molar-refractivity contribution is -0.131. The Balaban J connectivity index is 2.05. The molecule has 1 aromatic heterocycles. The quantitative estimate of drug-likeness (QED) is 0.830. The van der Waals surface area contributed by atoms with Crippen LogP contribution in [0.3, 0.4) is 0 Å². The van der Waals surface area contributed by atoms with Crippen LogP contribution in [0, 0.1) is 0 Å². The monoisotopic (exact) mass is 322 g/mol. The lowest BCUT2D eigenvalue weighted by atomic mass is 10.1. The van der Waals surface area contributed by atoms with Gasteiger partial charge in [-0.25, -0.2) is 4.79 Å². The fraction of sp³-hybridized carbons (Fsp3) is 0.0714. The van der Waals surface area contributed by atoms with Crippen LogP contribution in [0.15, 0.2) is 36.0 Å². The van der Waals surface area contributed by atoms with Crippen molar-refractivity contribution >= 4 is 40.9 Å². The number of rotatable bonds is 5. The number of thiazole rings is 1. The maximum atomic E-state index is 12.0. The van der Waals surface area contributed by atoms with Gasteiger partial charge in [-0.05, 0) is 23.8 Å². The number of nitrogens with zero attached hydrogens (tertiary/aromatic N) is 1. The zero-order valence-corrected chi connectivity index (χ0v) is 12.3. The third kappa shape index (κ3) is 4.40. The Kier molecular flexibility index (Phi) is 5.08. The molecule has 0 fully saturated rings. The summed E-state index contributed by atoms with van der Waals surface area (Å²) < 4.78 is 0. The minimum absolute atomic E-state index is 0.251. The maximum absolute atomic E-state index is 12.0. The van der Waals surface area contributed by atoms with E-state index in [1.165, 1.54) is 23.5 Å². The third-order valence-electron chi connectivity index (χ3n) is 2.57. The van der Waals surface area contributed by atoms with E-state index >= 15 is 0 Å². The van der Waals surface area contributed by atoms with Crippen molar-refractivity contribution in [2.24, 2.45) is 0 Å². The second kappa shape index (κ2) is 7.01. The number of aromatic nitrogens is 1. The van der Waals surface area contributed by atoms with Crippen LogP contribution in [0.1, 0.15) is 20.8 Å². The highest BCUT2D eigenvalue weighted by molar-refractivity contribution is 7.09. The van der Waals surface area contributed by atoms with Gasteiger partial charge >= 0.3 is 5.97 Å². The Hall–Kier alpha value is -2.18. The first-order valence-corrected chi connectivity index (χ1v) is 7.18. The second-order valence-corrected chi connectivity index (χ2v) is 5.44. The van der Waals surface area contributed by atoms with Gasteiger partial charge in [0.1, 0.15) is 0 Å². The van der Waals surface area contributed by atoms with Crippen molar-refractivity contribution in [3.05, 3.63) is 57.0 Å². The molecule has 0 aliphatic heterocycles. The van der Waals surface area contributed by atoms with Crippen molar-refractivity contribution in [1.29, 1.82) is 0 Å². The number of carboxylic acid groups (broad SMARTS) is 1. The molecule has 7 heteroatoms. The highest BCUT2D eigenvalue weighted by Crippen LogP contribution is 2.19. The average molecular weight is 323 g/mol. The Bertz CT molecular complexity index is 684. The van der Waals surface area contributed by atoms with E-state index < -0.39 is 5.97 Å². The Labute approximate surface area is 129 Å². The average Bonchev–Trinajstić information content (AvgIpc) is 2.96. The molecule has 2 rings (SSSR count). The lowest BCUT2D eigenvalue weighted by Crippen LogP contribution is -2.22. The van der Waals surface area contributed by atoms with Crippen LogP contribution < -0.4 is 5.32 Å². The van der Waals surface area contributed by atoms with Crippen molar-refractivity contribution in [1.82, 2.24) is 10.3 Å². The van der Waals surface area contributed by atoms with E-state index in [1.54, 1.807) is 23.8 Å². The molecule has 5 nitrogen and oxygen atoms in total. The standard InChI is InChI=1S/C14H11ClN2O3S/c15-12-5-10(2-1-9(12)3-4-13(18)19)14(20)17-7-11-6-16-8-21-11/h1-6,8H,7H2,(H,17,20)(H,18,19)/b4-3+. The van der Waals surface area contributed by atoms with E-state index in [0.717, 1.165) is 11.0 Å². The van der Waals surface area contributed by atoms with Gasteiger partial charge in [-0.3, -0.25) is 9.78 Å². The number of amides is 1. The Morgan fingerprint density at radius 2 is 2.24 bits per heavy atom. The molecule has 1 amide bonds. The maximum Gasteiger partial charge on any atom is 0.328 e. The minimum Gasteiger partial charge on any atom is -0.478 e. The molecular formula is C14H11ClN2O3S. The van der Waals surface area contributed by atoms with Gasteiger partial charge < -0.3 is 10.4 Å². The fourth-order valence-electron chi connectivity index (χ4n) is 1.56. The molecule has 0 spiro atoms. The van der Waals surface area contributed by atoms with Crippen molar-refractivity contribution in [3.8, 4) is 0 Å². The normalized spacial score (nSPS) is 10.7. The Morgan fingerprint density at radius 1 is 1.43 bits per heavy atom. The first-order valence-electron chi connectivity index (χ1n) is 5.92. The smallest absolute Gasteiger partial charge is 0.328 e. The number of nitrogens with one attached hydrogen (secondary N) is 1. The molecule has 21 heavy (non-hydrogen) atoms. The van der Waals surface area contributed by atoms with Crippen LogP contribution in [0.2, 0.25) is 5.02 Å². The molecule has 0 bridgehead atoms. The summed E-state index contributed by atoms with van der Waals surface area (Å²) in [6.07, 6.45) is 4.06.